The van der Waals surface area contributed by atoms with Crippen LogP contribution in [0.15, 0.2) is 16.6 Å². The maximum Gasteiger partial charge on any atom is 0.318 e. The highest BCUT2D eigenvalue weighted by molar-refractivity contribution is 9.10. The second kappa shape index (κ2) is 5.02. The van der Waals surface area contributed by atoms with Gasteiger partial charge in [-0.05, 0) is 19.6 Å². The van der Waals surface area contributed by atoms with Crippen LogP contribution in [0.4, 0.5) is 11.4 Å². The molecule has 0 aromatic heterocycles. The Hall–Kier alpha value is -1.48. The molecular formula is C9H11BrN2O5Si. The fourth-order valence-electron chi connectivity index (χ4n) is 1.25. The predicted octanol–water partition coefficient (Wildman–Crippen LogP) is 3.48. The Bertz CT molecular complexity index is 479. The molecular weight excluding hydrogens is 324 g/mol. The lowest BCUT2D eigenvalue weighted by molar-refractivity contribution is -0.395. The first-order valence-corrected chi connectivity index (χ1v) is 9.13. The Labute approximate surface area is 112 Å². The number of benzene rings is 1. The van der Waals surface area contributed by atoms with Crippen LogP contribution in [0.1, 0.15) is 0 Å². The number of hydrogen-bond acceptors (Lipinski definition) is 5. The SMILES string of the molecule is C[Si](C)(C)Oc1c([N+](=O)[O-])cc(Br)cc1[N+](=O)[O-]. The van der Waals surface area contributed by atoms with E-state index in [4.69, 9.17) is 4.43 Å². The van der Waals surface area contributed by atoms with Crippen molar-refractivity contribution < 1.29 is 14.3 Å². The molecule has 0 heterocycles. The average Bonchev–Trinajstić information content (AvgIpc) is 2.17. The summed E-state index contributed by atoms with van der Waals surface area (Å²) >= 11 is 3.01. The first kappa shape index (κ1) is 14.6. The summed E-state index contributed by atoms with van der Waals surface area (Å²) in [6, 6.07) is 2.39. The summed E-state index contributed by atoms with van der Waals surface area (Å²) in [6.45, 7) is 5.38. The molecule has 0 fully saturated rings. The third kappa shape index (κ3) is 3.50. The smallest absolute Gasteiger partial charge is 0.318 e. The summed E-state index contributed by atoms with van der Waals surface area (Å²) in [7, 11) is -2.19. The van der Waals surface area contributed by atoms with Gasteiger partial charge in [-0.3, -0.25) is 20.2 Å². The number of nitro benzene ring substituents is 2. The van der Waals surface area contributed by atoms with Gasteiger partial charge in [-0.2, -0.15) is 0 Å². The van der Waals surface area contributed by atoms with Gasteiger partial charge in [0.05, 0.1) is 9.85 Å². The number of hydrogen-bond donors (Lipinski definition) is 0. The topological polar surface area (TPSA) is 95.5 Å². The molecule has 0 aliphatic carbocycles. The van der Waals surface area contributed by atoms with Crippen LogP contribution in [0, 0.1) is 20.2 Å². The van der Waals surface area contributed by atoms with E-state index >= 15 is 0 Å². The summed E-state index contributed by atoms with van der Waals surface area (Å²) in [5.74, 6) is -0.271. The molecule has 0 bridgehead atoms. The lowest BCUT2D eigenvalue weighted by Crippen LogP contribution is -2.30. The highest BCUT2D eigenvalue weighted by atomic mass is 79.9. The van der Waals surface area contributed by atoms with Crippen molar-refractivity contribution in [3.63, 3.8) is 0 Å². The van der Waals surface area contributed by atoms with Crippen LogP contribution in [0.2, 0.25) is 19.6 Å². The Morgan fingerprint density at radius 1 is 1.11 bits per heavy atom. The maximum atomic E-state index is 10.9. The molecule has 1 aromatic rings. The zero-order valence-electron chi connectivity index (χ0n) is 9.97. The first-order valence-electron chi connectivity index (χ1n) is 4.93. The normalized spacial score (nSPS) is 11.1. The average molecular weight is 335 g/mol. The fraction of sp³-hybridized carbons (Fsp3) is 0.333. The molecule has 0 amide bonds. The molecule has 0 saturated heterocycles. The minimum absolute atomic E-state index is 0.267. The third-order valence-electron chi connectivity index (χ3n) is 1.82. The molecule has 0 atom stereocenters. The highest BCUT2D eigenvalue weighted by Crippen LogP contribution is 2.40. The minimum atomic E-state index is -2.19. The van der Waals surface area contributed by atoms with Crippen molar-refractivity contribution in [3.05, 3.63) is 36.8 Å². The van der Waals surface area contributed by atoms with Crippen LogP contribution < -0.4 is 4.43 Å². The van der Waals surface area contributed by atoms with E-state index in [1.807, 2.05) is 0 Å². The molecule has 0 aliphatic heterocycles. The molecule has 98 valence electrons. The summed E-state index contributed by atoms with van der Waals surface area (Å²) in [4.78, 5) is 20.5. The van der Waals surface area contributed by atoms with Crippen molar-refractivity contribution in [2.75, 3.05) is 0 Å². The van der Waals surface area contributed by atoms with E-state index in [1.54, 1.807) is 19.6 Å². The van der Waals surface area contributed by atoms with E-state index in [9.17, 15) is 20.2 Å². The quantitative estimate of drug-likeness (QED) is 0.477. The molecule has 1 aromatic carbocycles. The molecule has 7 nitrogen and oxygen atoms in total. The first-order chi connectivity index (χ1) is 8.11. The minimum Gasteiger partial charge on any atom is -0.535 e. The van der Waals surface area contributed by atoms with Gasteiger partial charge < -0.3 is 4.43 Å². The molecule has 0 spiro atoms. The van der Waals surface area contributed by atoms with Crippen molar-refractivity contribution in [2.24, 2.45) is 0 Å². The van der Waals surface area contributed by atoms with E-state index in [-0.39, 0.29) is 10.2 Å². The molecule has 0 N–H and O–H groups in total. The number of nitro groups is 2. The Morgan fingerprint density at radius 2 is 1.50 bits per heavy atom. The summed E-state index contributed by atoms with van der Waals surface area (Å²) < 4.78 is 5.74. The Balaban J connectivity index is 3.51. The van der Waals surface area contributed by atoms with Crippen LogP contribution in [-0.4, -0.2) is 18.2 Å². The van der Waals surface area contributed by atoms with Crippen molar-refractivity contribution in [1.82, 2.24) is 0 Å². The largest absolute Gasteiger partial charge is 0.535 e. The van der Waals surface area contributed by atoms with Gasteiger partial charge in [0.1, 0.15) is 0 Å². The Kier molecular flexibility index (Phi) is 4.07. The van der Waals surface area contributed by atoms with E-state index in [0.717, 1.165) is 0 Å². The lowest BCUT2D eigenvalue weighted by atomic mass is 10.2. The van der Waals surface area contributed by atoms with Crippen LogP contribution in [0.5, 0.6) is 5.75 Å². The molecule has 0 radical (unpaired) electrons. The fourth-order valence-corrected chi connectivity index (χ4v) is 2.50. The van der Waals surface area contributed by atoms with Crippen molar-refractivity contribution in [2.45, 2.75) is 19.6 Å². The van der Waals surface area contributed by atoms with Gasteiger partial charge >= 0.3 is 11.4 Å². The van der Waals surface area contributed by atoms with Crippen molar-refractivity contribution in [1.29, 1.82) is 0 Å². The lowest BCUT2D eigenvalue weighted by Gasteiger charge is -2.18. The molecule has 0 unspecified atom stereocenters. The van der Waals surface area contributed by atoms with Crippen molar-refractivity contribution >= 4 is 35.6 Å². The molecule has 0 saturated carbocycles. The number of halogens is 1. The summed E-state index contributed by atoms with van der Waals surface area (Å²) in [5, 5.41) is 21.9. The molecule has 0 aliphatic rings. The maximum absolute atomic E-state index is 10.9. The third-order valence-corrected chi connectivity index (χ3v) is 3.09. The van der Waals surface area contributed by atoms with E-state index in [0.29, 0.717) is 0 Å². The van der Waals surface area contributed by atoms with Gasteiger partial charge in [0.15, 0.2) is 0 Å². The monoisotopic (exact) mass is 334 g/mol. The zero-order chi connectivity index (χ0) is 14.1. The van der Waals surface area contributed by atoms with Gasteiger partial charge in [-0.1, -0.05) is 15.9 Å². The van der Waals surface area contributed by atoms with Crippen LogP contribution in [-0.2, 0) is 0 Å². The summed E-state index contributed by atoms with van der Waals surface area (Å²) in [6.07, 6.45) is 0. The van der Waals surface area contributed by atoms with E-state index in [1.165, 1.54) is 12.1 Å². The second-order valence-corrected chi connectivity index (χ2v) is 9.85. The van der Waals surface area contributed by atoms with Crippen LogP contribution in [0.25, 0.3) is 0 Å². The molecule has 1 rings (SSSR count). The Morgan fingerprint density at radius 3 is 1.78 bits per heavy atom. The zero-order valence-corrected chi connectivity index (χ0v) is 12.6. The van der Waals surface area contributed by atoms with E-state index in [2.05, 4.69) is 15.9 Å². The standard InChI is InChI=1S/C9H11BrN2O5Si/c1-18(2,3)17-9-7(11(13)14)4-6(10)5-8(9)12(15)16/h4-5H,1-3H3. The highest BCUT2D eigenvalue weighted by Gasteiger charge is 2.32. The van der Waals surface area contributed by atoms with Gasteiger partial charge in [-0.25, -0.2) is 0 Å². The van der Waals surface area contributed by atoms with Gasteiger partial charge in [0.2, 0.25) is 8.32 Å². The van der Waals surface area contributed by atoms with Gasteiger partial charge in [0.25, 0.3) is 5.75 Å². The van der Waals surface area contributed by atoms with E-state index < -0.39 is 29.5 Å². The number of rotatable bonds is 4. The van der Waals surface area contributed by atoms with Gasteiger partial charge in [0, 0.05) is 16.6 Å². The number of nitrogens with zero attached hydrogens (tertiary/aromatic N) is 2. The van der Waals surface area contributed by atoms with Gasteiger partial charge in [-0.15, -0.1) is 0 Å². The second-order valence-electron chi connectivity index (χ2n) is 4.50. The predicted molar refractivity (Wildman–Crippen MR) is 71.4 cm³/mol. The van der Waals surface area contributed by atoms with Crippen LogP contribution >= 0.6 is 15.9 Å². The molecule has 9 heteroatoms. The van der Waals surface area contributed by atoms with Crippen molar-refractivity contribution in [3.8, 4) is 5.75 Å². The molecule has 18 heavy (non-hydrogen) atoms. The summed E-state index contributed by atoms with van der Waals surface area (Å²) in [5.41, 5.74) is -0.808. The van der Waals surface area contributed by atoms with Crippen LogP contribution in [0.3, 0.4) is 0 Å².